The van der Waals surface area contributed by atoms with Crippen molar-refractivity contribution in [3.05, 3.63) is 29.8 Å². The van der Waals surface area contributed by atoms with Gasteiger partial charge in [-0.2, -0.15) is 0 Å². The van der Waals surface area contributed by atoms with Crippen molar-refractivity contribution in [1.82, 2.24) is 5.32 Å². The Bertz CT molecular complexity index is 374. The van der Waals surface area contributed by atoms with Crippen molar-refractivity contribution < 1.29 is 4.74 Å². The van der Waals surface area contributed by atoms with Crippen LogP contribution in [-0.4, -0.2) is 38.9 Å². The minimum atomic E-state index is 0.400. The van der Waals surface area contributed by atoms with Crippen molar-refractivity contribution in [3.8, 4) is 0 Å². The Morgan fingerprint density at radius 1 is 1.35 bits per heavy atom. The van der Waals surface area contributed by atoms with Gasteiger partial charge in [0.2, 0.25) is 0 Å². The van der Waals surface area contributed by atoms with E-state index in [1.165, 1.54) is 24.2 Å². The number of rotatable bonds is 3. The monoisotopic (exact) mass is 232 g/mol. The molecule has 1 aromatic rings. The molecule has 0 radical (unpaired) electrons. The maximum Gasteiger partial charge on any atom is 0.0716 e. The van der Waals surface area contributed by atoms with Crippen LogP contribution in [0.4, 0.5) is 5.69 Å². The molecule has 1 aromatic carbocycles. The first kappa shape index (κ1) is 11.1. The number of nitrogens with zero attached hydrogens (tertiary/aromatic N) is 1. The summed E-state index contributed by atoms with van der Waals surface area (Å²) in [4.78, 5) is 2.49. The van der Waals surface area contributed by atoms with Crippen molar-refractivity contribution in [2.45, 2.75) is 18.9 Å². The van der Waals surface area contributed by atoms with Crippen molar-refractivity contribution in [1.29, 1.82) is 0 Å². The number of morpholine rings is 1. The summed E-state index contributed by atoms with van der Waals surface area (Å²) in [7, 11) is 0. The van der Waals surface area contributed by atoms with Crippen LogP contribution in [0.1, 0.15) is 12.0 Å². The van der Waals surface area contributed by atoms with E-state index in [-0.39, 0.29) is 0 Å². The number of para-hydroxylation sites is 1. The summed E-state index contributed by atoms with van der Waals surface area (Å²) in [5.41, 5.74) is 2.92. The second-order valence-electron chi connectivity index (χ2n) is 4.85. The SMILES string of the molecule is c1ccc2c(c1)CCN2CCC1CNCCO1. The predicted molar refractivity (Wildman–Crippen MR) is 69.6 cm³/mol. The Kier molecular flexibility index (Phi) is 3.29. The van der Waals surface area contributed by atoms with E-state index < -0.39 is 0 Å². The van der Waals surface area contributed by atoms with Crippen LogP contribution in [-0.2, 0) is 11.2 Å². The molecule has 0 aromatic heterocycles. The highest BCUT2D eigenvalue weighted by atomic mass is 16.5. The Morgan fingerprint density at radius 3 is 3.18 bits per heavy atom. The third kappa shape index (κ3) is 2.45. The molecule has 1 fully saturated rings. The Morgan fingerprint density at radius 2 is 2.29 bits per heavy atom. The average molecular weight is 232 g/mol. The maximum atomic E-state index is 5.74. The highest BCUT2D eigenvalue weighted by molar-refractivity contribution is 5.57. The number of fused-ring (bicyclic) bond motifs is 1. The van der Waals surface area contributed by atoms with Crippen LogP contribution in [0.5, 0.6) is 0 Å². The average Bonchev–Trinajstić information content (AvgIpc) is 2.81. The number of hydrogen-bond donors (Lipinski definition) is 1. The van der Waals surface area contributed by atoms with Crippen LogP contribution in [0.15, 0.2) is 24.3 Å². The first-order chi connectivity index (χ1) is 8.43. The molecular formula is C14H20N2O. The third-order valence-corrected chi connectivity index (χ3v) is 3.71. The minimum Gasteiger partial charge on any atom is -0.376 e. The summed E-state index contributed by atoms with van der Waals surface area (Å²) < 4.78 is 5.74. The van der Waals surface area contributed by atoms with Crippen molar-refractivity contribution in [3.63, 3.8) is 0 Å². The van der Waals surface area contributed by atoms with Crippen LogP contribution in [0, 0.1) is 0 Å². The lowest BCUT2D eigenvalue weighted by Gasteiger charge is -2.26. The topological polar surface area (TPSA) is 24.5 Å². The zero-order valence-electron chi connectivity index (χ0n) is 10.2. The van der Waals surface area contributed by atoms with Gasteiger partial charge in [0.05, 0.1) is 12.7 Å². The fourth-order valence-electron chi connectivity index (χ4n) is 2.74. The fourth-order valence-corrected chi connectivity index (χ4v) is 2.74. The van der Waals surface area contributed by atoms with Crippen LogP contribution in [0.25, 0.3) is 0 Å². The van der Waals surface area contributed by atoms with Gasteiger partial charge < -0.3 is 15.0 Å². The fraction of sp³-hybridized carbons (Fsp3) is 0.571. The maximum absolute atomic E-state index is 5.74. The molecule has 1 N–H and O–H groups in total. The number of nitrogens with one attached hydrogen (secondary N) is 1. The van der Waals surface area contributed by atoms with Gasteiger partial charge in [0, 0.05) is 31.9 Å². The summed E-state index contributed by atoms with van der Waals surface area (Å²) in [5.74, 6) is 0. The van der Waals surface area contributed by atoms with E-state index in [1.807, 2.05) is 0 Å². The van der Waals surface area contributed by atoms with Gasteiger partial charge in [0.15, 0.2) is 0 Å². The standard InChI is InChI=1S/C14H20N2O/c1-2-4-14-12(3-1)5-8-16(14)9-6-13-11-15-7-10-17-13/h1-4,13,15H,5-11H2. The molecule has 0 amide bonds. The molecule has 2 aliphatic rings. The van der Waals surface area contributed by atoms with Crippen LogP contribution in [0.2, 0.25) is 0 Å². The number of ether oxygens (including phenoxy) is 1. The summed E-state index contributed by atoms with van der Waals surface area (Å²) in [6, 6.07) is 8.75. The van der Waals surface area contributed by atoms with E-state index in [4.69, 9.17) is 4.74 Å². The van der Waals surface area contributed by atoms with E-state index in [0.29, 0.717) is 6.10 Å². The zero-order chi connectivity index (χ0) is 11.5. The lowest BCUT2D eigenvalue weighted by Crippen LogP contribution is -2.40. The number of hydrogen-bond acceptors (Lipinski definition) is 3. The van der Waals surface area contributed by atoms with E-state index >= 15 is 0 Å². The molecule has 3 heteroatoms. The van der Waals surface area contributed by atoms with E-state index in [0.717, 1.165) is 32.7 Å². The van der Waals surface area contributed by atoms with Gasteiger partial charge in [0.1, 0.15) is 0 Å². The largest absolute Gasteiger partial charge is 0.376 e. The molecule has 1 atom stereocenters. The van der Waals surface area contributed by atoms with Gasteiger partial charge in [-0.1, -0.05) is 18.2 Å². The highest BCUT2D eigenvalue weighted by Crippen LogP contribution is 2.27. The lowest BCUT2D eigenvalue weighted by molar-refractivity contribution is 0.0249. The smallest absolute Gasteiger partial charge is 0.0716 e. The molecule has 3 nitrogen and oxygen atoms in total. The molecule has 1 unspecified atom stereocenters. The van der Waals surface area contributed by atoms with E-state index in [1.54, 1.807) is 0 Å². The van der Waals surface area contributed by atoms with Crippen molar-refractivity contribution in [2.24, 2.45) is 0 Å². The van der Waals surface area contributed by atoms with Gasteiger partial charge in [-0.05, 0) is 24.5 Å². The molecule has 0 bridgehead atoms. The van der Waals surface area contributed by atoms with Gasteiger partial charge in [-0.3, -0.25) is 0 Å². The Labute approximate surface area is 103 Å². The zero-order valence-corrected chi connectivity index (χ0v) is 10.2. The molecular weight excluding hydrogens is 212 g/mol. The molecule has 0 spiro atoms. The predicted octanol–water partition coefficient (Wildman–Crippen LogP) is 1.43. The first-order valence-corrected chi connectivity index (χ1v) is 6.58. The molecule has 2 aliphatic heterocycles. The quantitative estimate of drug-likeness (QED) is 0.853. The van der Waals surface area contributed by atoms with E-state index in [2.05, 4.69) is 34.5 Å². The summed E-state index contributed by atoms with van der Waals surface area (Å²) in [6.45, 7) is 5.16. The van der Waals surface area contributed by atoms with Gasteiger partial charge >= 0.3 is 0 Å². The number of anilines is 1. The molecule has 92 valence electrons. The number of benzene rings is 1. The molecule has 1 saturated heterocycles. The third-order valence-electron chi connectivity index (χ3n) is 3.71. The van der Waals surface area contributed by atoms with E-state index in [9.17, 15) is 0 Å². The minimum absolute atomic E-state index is 0.400. The molecule has 3 rings (SSSR count). The van der Waals surface area contributed by atoms with Crippen molar-refractivity contribution in [2.75, 3.05) is 37.7 Å². The summed E-state index contributed by atoms with van der Waals surface area (Å²) in [5, 5.41) is 3.39. The Balaban J connectivity index is 1.56. The molecule has 0 aliphatic carbocycles. The van der Waals surface area contributed by atoms with Crippen LogP contribution < -0.4 is 10.2 Å². The second-order valence-corrected chi connectivity index (χ2v) is 4.85. The summed E-state index contributed by atoms with van der Waals surface area (Å²) in [6.07, 6.45) is 2.72. The van der Waals surface area contributed by atoms with Crippen molar-refractivity contribution >= 4 is 5.69 Å². The molecule has 17 heavy (non-hydrogen) atoms. The highest BCUT2D eigenvalue weighted by Gasteiger charge is 2.20. The van der Waals surface area contributed by atoms with Gasteiger partial charge in [-0.15, -0.1) is 0 Å². The summed E-state index contributed by atoms with van der Waals surface area (Å²) >= 11 is 0. The van der Waals surface area contributed by atoms with Crippen LogP contribution in [0.3, 0.4) is 0 Å². The van der Waals surface area contributed by atoms with Gasteiger partial charge in [-0.25, -0.2) is 0 Å². The normalized spacial score (nSPS) is 23.8. The molecule has 2 heterocycles. The Hall–Kier alpha value is -1.06. The second kappa shape index (κ2) is 5.07. The van der Waals surface area contributed by atoms with Crippen LogP contribution >= 0.6 is 0 Å². The van der Waals surface area contributed by atoms with Gasteiger partial charge in [0.25, 0.3) is 0 Å². The molecule has 0 saturated carbocycles. The lowest BCUT2D eigenvalue weighted by atomic mass is 10.2. The first-order valence-electron chi connectivity index (χ1n) is 6.58.